The number of hydrogen-bond donors (Lipinski definition) is 1. The van der Waals surface area contributed by atoms with Gasteiger partial charge in [-0.1, -0.05) is 18.2 Å². The van der Waals surface area contributed by atoms with Crippen molar-refractivity contribution in [3.05, 3.63) is 90.3 Å². The Morgan fingerprint density at radius 3 is 2.32 bits per heavy atom. The van der Waals surface area contributed by atoms with Crippen LogP contribution in [0.2, 0.25) is 0 Å². The van der Waals surface area contributed by atoms with E-state index in [1.165, 1.54) is 24.3 Å². The maximum absolute atomic E-state index is 12.9. The van der Waals surface area contributed by atoms with Crippen molar-refractivity contribution in [2.45, 2.75) is 6.42 Å². The third kappa shape index (κ3) is 6.36. The van der Waals surface area contributed by atoms with Crippen LogP contribution in [0.1, 0.15) is 22.3 Å². The summed E-state index contributed by atoms with van der Waals surface area (Å²) < 4.78 is 18.5. The second-order valence-corrected chi connectivity index (χ2v) is 5.42. The molecule has 25 heavy (non-hydrogen) atoms. The highest BCUT2D eigenvalue weighted by Crippen LogP contribution is 2.16. The Balaban J connectivity index is 1.79. The molecule has 0 saturated carbocycles. The average Bonchev–Trinajstić information content (AvgIpc) is 2.64. The molecule has 0 aliphatic carbocycles. The predicted octanol–water partition coefficient (Wildman–Crippen LogP) is 4.16. The summed E-state index contributed by atoms with van der Waals surface area (Å²) >= 11 is 0. The molecule has 0 spiro atoms. The van der Waals surface area contributed by atoms with Crippen LogP contribution in [-0.4, -0.2) is 25.5 Å². The first kappa shape index (κ1) is 18.6. The SMILES string of the molecule is C=CCCNCC=CCOc1ccc(C(=O)c2ccc(F)cc2)cc1. The summed E-state index contributed by atoms with van der Waals surface area (Å²) in [7, 11) is 0. The van der Waals surface area contributed by atoms with Crippen LogP contribution in [0.15, 0.2) is 73.3 Å². The molecule has 0 atom stereocenters. The summed E-state index contributed by atoms with van der Waals surface area (Å²) in [5.74, 6) is 0.196. The van der Waals surface area contributed by atoms with Gasteiger partial charge < -0.3 is 10.1 Å². The lowest BCUT2D eigenvalue weighted by Gasteiger charge is -2.05. The molecule has 2 rings (SSSR count). The van der Waals surface area contributed by atoms with E-state index in [0.717, 1.165) is 19.5 Å². The summed E-state index contributed by atoms with van der Waals surface area (Å²) in [6.07, 6.45) is 6.78. The molecule has 0 fully saturated rings. The molecule has 0 unspecified atom stereocenters. The number of carbonyl (C=O) groups excluding carboxylic acids is 1. The van der Waals surface area contributed by atoms with Gasteiger partial charge >= 0.3 is 0 Å². The number of hydrogen-bond acceptors (Lipinski definition) is 3. The fourth-order valence-electron chi connectivity index (χ4n) is 2.16. The van der Waals surface area contributed by atoms with Crippen molar-refractivity contribution >= 4 is 5.78 Å². The zero-order valence-electron chi connectivity index (χ0n) is 14.1. The number of carbonyl (C=O) groups is 1. The van der Waals surface area contributed by atoms with Gasteiger partial charge in [0.1, 0.15) is 18.2 Å². The number of benzene rings is 2. The monoisotopic (exact) mass is 339 g/mol. The average molecular weight is 339 g/mol. The van der Waals surface area contributed by atoms with E-state index in [1.807, 2.05) is 18.2 Å². The maximum atomic E-state index is 12.9. The van der Waals surface area contributed by atoms with E-state index >= 15 is 0 Å². The quantitative estimate of drug-likeness (QED) is 0.401. The topological polar surface area (TPSA) is 38.3 Å². The first-order valence-electron chi connectivity index (χ1n) is 8.20. The van der Waals surface area contributed by atoms with Crippen molar-refractivity contribution in [3.63, 3.8) is 0 Å². The summed E-state index contributed by atoms with van der Waals surface area (Å²) in [5.41, 5.74) is 1.00. The standard InChI is InChI=1S/C21H22FNO2/c1-2-3-14-23-15-4-5-16-25-20-12-8-18(9-13-20)21(24)17-6-10-19(22)11-7-17/h2,4-13,23H,1,3,14-16H2. The molecule has 0 aliphatic heterocycles. The molecule has 0 radical (unpaired) electrons. The largest absolute Gasteiger partial charge is 0.490 e. The van der Waals surface area contributed by atoms with Crippen molar-refractivity contribution in [3.8, 4) is 5.75 Å². The molecule has 1 N–H and O–H groups in total. The molecule has 2 aromatic carbocycles. The third-order valence-electron chi connectivity index (χ3n) is 3.52. The van der Waals surface area contributed by atoms with E-state index < -0.39 is 0 Å². The number of ketones is 1. The van der Waals surface area contributed by atoms with E-state index in [1.54, 1.807) is 24.3 Å². The number of halogens is 1. The van der Waals surface area contributed by atoms with Crippen LogP contribution in [-0.2, 0) is 0 Å². The zero-order valence-corrected chi connectivity index (χ0v) is 14.1. The molecule has 0 bridgehead atoms. The molecule has 4 heteroatoms. The highest BCUT2D eigenvalue weighted by molar-refractivity contribution is 6.08. The first-order valence-corrected chi connectivity index (χ1v) is 8.20. The summed E-state index contributed by atoms with van der Waals surface area (Å²) in [6.45, 7) is 5.84. The molecule has 130 valence electrons. The Bertz CT molecular complexity index is 706. The molecule has 0 amide bonds. The van der Waals surface area contributed by atoms with Crippen LogP contribution in [0.5, 0.6) is 5.75 Å². The van der Waals surface area contributed by atoms with Crippen LogP contribution in [0.3, 0.4) is 0 Å². The molecule has 0 saturated heterocycles. The minimum Gasteiger partial charge on any atom is -0.490 e. The summed E-state index contributed by atoms with van der Waals surface area (Å²) in [5, 5.41) is 3.25. The van der Waals surface area contributed by atoms with Crippen molar-refractivity contribution in [2.75, 3.05) is 19.7 Å². The molecular weight excluding hydrogens is 317 g/mol. The minimum atomic E-state index is -0.357. The van der Waals surface area contributed by atoms with E-state index in [4.69, 9.17) is 4.74 Å². The van der Waals surface area contributed by atoms with Crippen molar-refractivity contribution < 1.29 is 13.9 Å². The summed E-state index contributed by atoms with van der Waals surface area (Å²) in [6, 6.07) is 12.5. The Hall–Kier alpha value is -2.72. The van der Waals surface area contributed by atoms with Crippen molar-refractivity contribution in [1.29, 1.82) is 0 Å². The van der Waals surface area contributed by atoms with Gasteiger partial charge in [-0.25, -0.2) is 4.39 Å². The lowest BCUT2D eigenvalue weighted by Crippen LogP contribution is -2.14. The third-order valence-corrected chi connectivity index (χ3v) is 3.52. The predicted molar refractivity (Wildman–Crippen MR) is 98.6 cm³/mol. The second-order valence-electron chi connectivity index (χ2n) is 5.42. The lowest BCUT2D eigenvalue weighted by molar-refractivity contribution is 0.103. The van der Waals surface area contributed by atoms with E-state index in [9.17, 15) is 9.18 Å². The lowest BCUT2D eigenvalue weighted by atomic mass is 10.0. The van der Waals surface area contributed by atoms with Gasteiger partial charge in [0.05, 0.1) is 0 Å². The van der Waals surface area contributed by atoms with E-state index in [0.29, 0.717) is 23.5 Å². The van der Waals surface area contributed by atoms with Crippen LogP contribution < -0.4 is 10.1 Å². The van der Waals surface area contributed by atoms with Crippen molar-refractivity contribution in [2.24, 2.45) is 0 Å². The fraction of sp³-hybridized carbons (Fsp3) is 0.190. The molecule has 3 nitrogen and oxygen atoms in total. The second kappa shape index (κ2) is 10.2. The van der Waals surface area contributed by atoms with Crippen LogP contribution in [0.4, 0.5) is 4.39 Å². The van der Waals surface area contributed by atoms with Gasteiger partial charge in [-0.2, -0.15) is 0 Å². The Kier molecular flexibility index (Phi) is 7.60. The molecule has 0 aromatic heterocycles. The fourth-order valence-corrected chi connectivity index (χ4v) is 2.16. The van der Waals surface area contributed by atoms with Crippen LogP contribution in [0.25, 0.3) is 0 Å². The Labute approximate surface area is 147 Å². The zero-order chi connectivity index (χ0) is 17.9. The highest BCUT2D eigenvalue weighted by atomic mass is 19.1. The Morgan fingerprint density at radius 2 is 1.68 bits per heavy atom. The van der Waals surface area contributed by atoms with E-state index in [2.05, 4.69) is 11.9 Å². The number of ether oxygens (including phenoxy) is 1. The first-order chi connectivity index (χ1) is 12.2. The highest BCUT2D eigenvalue weighted by Gasteiger charge is 2.09. The normalized spacial score (nSPS) is 10.8. The Morgan fingerprint density at radius 1 is 1.04 bits per heavy atom. The van der Waals surface area contributed by atoms with Gasteiger partial charge in [0.2, 0.25) is 0 Å². The van der Waals surface area contributed by atoms with Crippen LogP contribution >= 0.6 is 0 Å². The molecule has 2 aromatic rings. The smallest absolute Gasteiger partial charge is 0.193 e. The van der Waals surface area contributed by atoms with Gasteiger partial charge in [-0.15, -0.1) is 6.58 Å². The number of nitrogens with one attached hydrogen (secondary N) is 1. The van der Waals surface area contributed by atoms with Crippen molar-refractivity contribution in [1.82, 2.24) is 5.32 Å². The molecule has 0 heterocycles. The van der Waals surface area contributed by atoms with Gasteiger partial charge in [0.25, 0.3) is 0 Å². The van der Waals surface area contributed by atoms with Gasteiger partial charge in [0, 0.05) is 17.7 Å². The molecule has 0 aliphatic rings. The summed E-state index contributed by atoms with van der Waals surface area (Å²) in [4.78, 5) is 12.3. The van der Waals surface area contributed by atoms with Gasteiger partial charge in [-0.3, -0.25) is 4.79 Å². The van der Waals surface area contributed by atoms with Gasteiger partial charge in [-0.05, 0) is 61.5 Å². The minimum absolute atomic E-state index is 0.142. The van der Waals surface area contributed by atoms with Crippen LogP contribution in [0, 0.1) is 5.82 Å². The number of rotatable bonds is 10. The van der Waals surface area contributed by atoms with E-state index in [-0.39, 0.29) is 11.6 Å². The maximum Gasteiger partial charge on any atom is 0.193 e. The van der Waals surface area contributed by atoms with Gasteiger partial charge in [0.15, 0.2) is 5.78 Å². The molecular formula is C21H22FNO2.